The van der Waals surface area contributed by atoms with E-state index in [4.69, 9.17) is 4.74 Å². The van der Waals surface area contributed by atoms with Gasteiger partial charge in [-0.2, -0.15) is 0 Å². The first-order valence-electron chi connectivity index (χ1n) is 13.0. The van der Waals surface area contributed by atoms with Crippen LogP contribution in [-0.4, -0.2) is 64.3 Å². The molecule has 2 fully saturated rings. The van der Waals surface area contributed by atoms with Gasteiger partial charge in [0.25, 0.3) is 6.43 Å². The van der Waals surface area contributed by atoms with Crippen molar-refractivity contribution in [1.29, 1.82) is 0 Å². The molecule has 2 atom stereocenters. The van der Waals surface area contributed by atoms with Crippen LogP contribution in [-0.2, 0) is 9.53 Å². The highest BCUT2D eigenvalue weighted by atomic mass is 19.3. The molecule has 2 aromatic heterocycles. The van der Waals surface area contributed by atoms with Crippen LogP contribution in [0.2, 0.25) is 0 Å². The molecule has 2 aliphatic heterocycles. The average molecular weight is 539 g/mol. The predicted octanol–water partition coefficient (Wildman–Crippen LogP) is 4.82. The van der Waals surface area contributed by atoms with Crippen LogP contribution in [0.3, 0.4) is 0 Å². The highest BCUT2D eigenvalue weighted by molar-refractivity contribution is 6.01. The number of piperazine rings is 1. The molecule has 39 heavy (non-hydrogen) atoms. The number of aromatic nitrogens is 3. The zero-order valence-corrected chi connectivity index (χ0v) is 21.7. The van der Waals surface area contributed by atoms with E-state index in [1.807, 2.05) is 23.1 Å². The second-order valence-electron chi connectivity index (χ2n) is 10.3. The third kappa shape index (κ3) is 4.54. The van der Waals surface area contributed by atoms with Crippen molar-refractivity contribution >= 4 is 33.8 Å². The molecule has 4 aromatic rings. The van der Waals surface area contributed by atoms with Crippen molar-refractivity contribution in [2.75, 3.05) is 43.1 Å². The molecule has 1 N–H and O–H groups in total. The lowest BCUT2D eigenvalue weighted by atomic mass is 10.0. The first-order chi connectivity index (χ1) is 18.8. The Bertz CT molecular complexity index is 1540. The van der Waals surface area contributed by atoms with Crippen LogP contribution in [0.15, 0.2) is 48.8 Å². The van der Waals surface area contributed by atoms with E-state index >= 15 is 0 Å². The van der Waals surface area contributed by atoms with Crippen molar-refractivity contribution in [2.45, 2.75) is 32.4 Å². The van der Waals surface area contributed by atoms with Gasteiger partial charge in [-0.25, -0.2) is 22.7 Å². The molecular formula is C28H29F3N6O2. The fraction of sp³-hybridized carbons (Fsp3) is 0.393. The van der Waals surface area contributed by atoms with Gasteiger partial charge >= 0.3 is 0 Å². The van der Waals surface area contributed by atoms with E-state index in [-0.39, 0.29) is 23.4 Å². The molecule has 0 bridgehead atoms. The van der Waals surface area contributed by atoms with Gasteiger partial charge in [0.15, 0.2) is 11.5 Å². The van der Waals surface area contributed by atoms with Crippen molar-refractivity contribution < 1.29 is 22.7 Å². The number of carbonyl (C=O) groups excluding carboxylic acids is 1. The Morgan fingerprint density at radius 3 is 2.64 bits per heavy atom. The molecule has 2 aromatic carbocycles. The van der Waals surface area contributed by atoms with Crippen LogP contribution in [0.5, 0.6) is 0 Å². The molecular weight excluding hydrogens is 509 g/mol. The van der Waals surface area contributed by atoms with Gasteiger partial charge in [0.1, 0.15) is 5.82 Å². The molecule has 2 unspecified atom stereocenters. The number of halogens is 3. The molecule has 0 radical (unpaired) electrons. The van der Waals surface area contributed by atoms with Crippen molar-refractivity contribution in [3.8, 4) is 0 Å². The minimum atomic E-state index is -2.90. The molecule has 1 amide bonds. The Labute approximate surface area is 223 Å². The fourth-order valence-corrected chi connectivity index (χ4v) is 5.47. The molecule has 8 nitrogen and oxygen atoms in total. The van der Waals surface area contributed by atoms with Gasteiger partial charge in [-0.15, -0.1) is 5.10 Å². The number of hydrogen-bond acceptors (Lipinski definition) is 6. The van der Waals surface area contributed by atoms with Gasteiger partial charge in [0, 0.05) is 60.1 Å². The minimum absolute atomic E-state index is 0.0331. The summed E-state index contributed by atoms with van der Waals surface area (Å²) in [5, 5.41) is 9.56. The number of carbonyl (C=O) groups is 1. The zero-order valence-electron chi connectivity index (χ0n) is 21.7. The maximum absolute atomic E-state index is 14.9. The minimum Gasteiger partial charge on any atom is -0.380 e. The van der Waals surface area contributed by atoms with E-state index in [2.05, 4.69) is 27.2 Å². The van der Waals surface area contributed by atoms with Gasteiger partial charge in [0.05, 0.1) is 30.7 Å². The van der Waals surface area contributed by atoms with Crippen LogP contribution >= 0.6 is 0 Å². The van der Waals surface area contributed by atoms with Crippen LogP contribution in [0.25, 0.3) is 16.4 Å². The highest BCUT2D eigenvalue weighted by Crippen LogP contribution is 2.34. The molecule has 2 saturated heterocycles. The van der Waals surface area contributed by atoms with Crippen LogP contribution < -0.4 is 10.2 Å². The lowest BCUT2D eigenvalue weighted by Crippen LogP contribution is -2.56. The second kappa shape index (κ2) is 10.0. The quantitative estimate of drug-likeness (QED) is 0.380. The number of imidazole rings is 1. The van der Waals surface area contributed by atoms with Crippen LogP contribution in [0.1, 0.15) is 37.4 Å². The SMILES string of the molecule is CC(Nc1nn2ccnc2c2ccc(N3CCN(C(=O)C4COC4)CC3C)cc12)c1cccc(C(F)F)c1F. The predicted molar refractivity (Wildman–Crippen MR) is 142 cm³/mol. The van der Waals surface area contributed by atoms with Gasteiger partial charge < -0.3 is 19.9 Å². The standard InChI is InChI=1S/C28H29F3N6O2/c1-16-13-35(28(38)18-14-39-15-18)10-11-36(16)19-6-7-21-23(12-19)26(34-37-9-8-32-27(21)37)33-17(2)20-4-3-5-22(24(20)29)25(30)31/h3-9,12,16-18,25H,10-11,13-15H2,1-2H3,(H,33,34). The number of benzene rings is 2. The Balaban J connectivity index is 1.32. The van der Waals surface area contributed by atoms with Crippen molar-refractivity contribution in [3.63, 3.8) is 0 Å². The Morgan fingerprint density at radius 2 is 1.92 bits per heavy atom. The molecule has 204 valence electrons. The maximum atomic E-state index is 14.9. The Morgan fingerprint density at radius 1 is 1.13 bits per heavy atom. The second-order valence-corrected chi connectivity index (χ2v) is 10.3. The van der Waals surface area contributed by atoms with Gasteiger partial charge in [-0.05, 0) is 32.0 Å². The van der Waals surface area contributed by atoms with Crippen molar-refractivity contribution in [1.82, 2.24) is 19.5 Å². The normalized spacial score (nSPS) is 19.1. The fourth-order valence-electron chi connectivity index (χ4n) is 5.47. The number of anilines is 2. The van der Waals surface area contributed by atoms with Gasteiger partial charge in [0.2, 0.25) is 5.91 Å². The summed E-state index contributed by atoms with van der Waals surface area (Å²) in [4.78, 5) is 21.3. The first kappa shape index (κ1) is 25.4. The molecule has 0 saturated carbocycles. The largest absolute Gasteiger partial charge is 0.380 e. The molecule has 6 rings (SSSR count). The Kier molecular flexibility index (Phi) is 6.54. The summed E-state index contributed by atoms with van der Waals surface area (Å²) in [6, 6.07) is 9.53. The summed E-state index contributed by atoms with van der Waals surface area (Å²) in [6.45, 7) is 6.72. The van der Waals surface area contributed by atoms with Crippen LogP contribution in [0.4, 0.5) is 24.7 Å². The van der Waals surface area contributed by atoms with E-state index in [1.54, 1.807) is 23.8 Å². The third-order valence-electron chi connectivity index (χ3n) is 7.70. The number of alkyl halides is 2. The summed E-state index contributed by atoms with van der Waals surface area (Å²) in [5.74, 6) is -0.316. The zero-order chi connectivity index (χ0) is 27.3. The summed E-state index contributed by atoms with van der Waals surface area (Å²) < 4.78 is 48.4. The molecule has 0 spiro atoms. The number of fused-ring (bicyclic) bond motifs is 3. The first-order valence-corrected chi connectivity index (χ1v) is 13.0. The topological polar surface area (TPSA) is 75.0 Å². The van der Waals surface area contributed by atoms with E-state index in [1.165, 1.54) is 12.1 Å². The number of amides is 1. The lowest BCUT2D eigenvalue weighted by molar-refractivity contribution is -0.150. The lowest BCUT2D eigenvalue weighted by Gasteiger charge is -2.43. The summed E-state index contributed by atoms with van der Waals surface area (Å²) in [6.07, 6.45) is 0.475. The smallest absolute Gasteiger partial charge is 0.266 e. The molecule has 4 heterocycles. The molecule has 0 aliphatic carbocycles. The Hall–Kier alpha value is -3.86. The number of nitrogens with one attached hydrogen (secondary N) is 1. The number of rotatable bonds is 6. The average Bonchev–Trinajstić information content (AvgIpc) is 3.36. The van der Waals surface area contributed by atoms with E-state index in [9.17, 15) is 18.0 Å². The van der Waals surface area contributed by atoms with Crippen molar-refractivity contribution in [3.05, 3.63) is 65.7 Å². The van der Waals surface area contributed by atoms with Gasteiger partial charge in [-0.1, -0.05) is 18.2 Å². The number of ether oxygens (including phenoxy) is 1. The maximum Gasteiger partial charge on any atom is 0.266 e. The van der Waals surface area contributed by atoms with E-state index in [0.29, 0.717) is 44.3 Å². The van der Waals surface area contributed by atoms with Crippen molar-refractivity contribution in [2.24, 2.45) is 5.92 Å². The summed E-state index contributed by atoms with van der Waals surface area (Å²) in [7, 11) is 0. The summed E-state index contributed by atoms with van der Waals surface area (Å²) >= 11 is 0. The monoisotopic (exact) mass is 538 g/mol. The number of nitrogens with zero attached hydrogens (tertiary/aromatic N) is 5. The van der Waals surface area contributed by atoms with E-state index < -0.39 is 23.8 Å². The van der Waals surface area contributed by atoms with Crippen LogP contribution in [0, 0.1) is 11.7 Å². The number of hydrogen-bond donors (Lipinski definition) is 1. The van der Waals surface area contributed by atoms with Gasteiger partial charge in [-0.3, -0.25) is 4.79 Å². The summed E-state index contributed by atoms with van der Waals surface area (Å²) in [5.41, 5.74) is 1.15. The molecule has 11 heteroatoms. The van der Waals surface area contributed by atoms with E-state index in [0.717, 1.165) is 22.5 Å². The highest BCUT2D eigenvalue weighted by Gasteiger charge is 2.34. The molecule has 2 aliphatic rings. The third-order valence-corrected chi connectivity index (χ3v) is 7.70.